The smallest absolute Gasteiger partial charge is 0.246 e. The highest BCUT2D eigenvalue weighted by Gasteiger charge is 2.27. The van der Waals surface area contributed by atoms with E-state index in [0.29, 0.717) is 30.6 Å². The van der Waals surface area contributed by atoms with Crippen LogP contribution >= 0.6 is 0 Å². The monoisotopic (exact) mass is 315 g/mol. The molecule has 0 aliphatic carbocycles. The summed E-state index contributed by atoms with van der Waals surface area (Å²) in [7, 11) is 1.52. The minimum Gasteiger partial charge on any atom is -0.480 e. The van der Waals surface area contributed by atoms with Gasteiger partial charge >= 0.3 is 0 Å². The number of carbonyl (C=O) groups excluding carboxylic acids is 1. The van der Waals surface area contributed by atoms with E-state index in [1.807, 2.05) is 0 Å². The lowest BCUT2D eigenvalue weighted by Gasteiger charge is -2.15. The molecule has 0 spiro atoms. The van der Waals surface area contributed by atoms with Gasteiger partial charge < -0.3 is 18.8 Å². The highest BCUT2D eigenvalue weighted by molar-refractivity contribution is 5.91. The van der Waals surface area contributed by atoms with Crippen LogP contribution in [0.4, 0.5) is 0 Å². The number of likely N-dealkylation sites (tertiary alicyclic amines) is 1. The second-order valence-electron chi connectivity index (χ2n) is 5.06. The quantitative estimate of drug-likeness (QED) is 0.783. The van der Waals surface area contributed by atoms with Crippen molar-refractivity contribution in [3.8, 4) is 11.8 Å². The molecule has 2 aromatic heterocycles. The van der Waals surface area contributed by atoms with Crippen molar-refractivity contribution in [2.75, 3.05) is 20.2 Å². The van der Waals surface area contributed by atoms with Crippen molar-refractivity contribution in [3.05, 3.63) is 42.6 Å². The number of carbonyl (C=O) groups is 1. The van der Waals surface area contributed by atoms with Crippen molar-refractivity contribution in [1.82, 2.24) is 14.9 Å². The van der Waals surface area contributed by atoms with Crippen molar-refractivity contribution in [1.29, 1.82) is 0 Å². The van der Waals surface area contributed by atoms with Gasteiger partial charge in [0.2, 0.25) is 17.7 Å². The number of aromatic nitrogens is 2. The van der Waals surface area contributed by atoms with Gasteiger partial charge in [-0.15, -0.1) is 0 Å². The molecule has 1 atom stereocenters. The van der Waals surface area contributed by atoms with Gasteiger partial charge in [0.05, 0.1) is 32.3 Å². The number of methoxy groups -OCH3 is 1. The molecular weight excluding hydrogens is 298 g/mol. The van der Waals surface area contributed by atoms with Gasteiger partial charge in [-0.3, -0.25) is 9.78 Å². The Hall–Kier alpha value is -2.83. The normalized spacial score (nSPS) is 17.6. The van der Waals surface area contributed by atoms with Crippen LogP contribution < -0.4 is 9.47 Å². The van der Waals surface area contributed by atoms with E-state index in [2.05, 4.69) is 9.97 Å². The molecule has 1 aliphatic rings. The predicted molar refractivity (Wildman–Crippen MR) is 81.9 cm³/mol. The minimum atomic E-state index is -0.0997. The molecule has 0 unspecified atom stereocenters. The molecule has 1 saturated heterocycles. The molecule has 7 heteroatoms. The third-order valence-corrected chi connectivity index (χ3v) is 3.48. The molecule has 1 aliphatic heterocycles. The van der Waals surface area contributed by atoms with E-state index >= 15 is 0 Å². The van der Waals surface area contributed by atoms with Crippen LogP contribution in [0.5, 0.6) is 11.8 Å². The lowest BCUT2D eigenvalue weighted by Crippen LogP contribution is -2.29. The molecule has 3 rings (SSSR count). The Bertz CT molecular complexity index is 684. The summed E-state index contributed by atoms with van der Waals surface area (Å²) >= 11 is 0. The molecule has 0 N–H and O–H groups in total. The summed E-state index contributed by atoms with van der Waals surface area (Å²) in [6.07, 6.45) is 8.42. The molecule has 23 heavy (non-hydrogen) atoms. The van der Waals surface area contributed by atoms with E-state index in [-0.39, 0.29) is 12.0 Å². The molecule has 0 saturated carbocycles. The van der Waals surface area contributed by atoms with Crippen molar-refractivity contribution in [3.63, 3.8) is 0 Å². The van der Waals surface area contributed by atoms with Crippen LogP contribution in [0.2, 0.25) is 0 Å². The van der Waals surface area contributed by atoms with Crippen LogP contribution in [-0.4, -0.2) is 47.1 Å². The first-order valence-electron chi connectivity index (χ1n) is 7.28. The summed E-state index contributed by atoms with van der Waals surface area (Å²) < 4.78 is 15.9. The van der Waals surface area contributed by atoms with Crippen LogP contribution in [0, 0.1) is 0 Å². The molecule has 3 heterocycles. The number of ether oxygens (including phenoxy) is 2. The van der Waals surface area contributed by atoms with Crippen molar-refractivity contribution in [2.45, 2.75) is 12.5 Å². The van der Waals surface area contributed by atoms with E-state index < -0.39 is 0 Å². The van der Waals surface area contributed by atoms with Gasteiger partial charge in [-0.2, -0.15) is 4.98 Å². The molecule has 0 radical (unpaired) electrons. The summed E-state index contributed by atoms with van der Waals surface area (Å²) in [4.78, 5) is 22.0. The Kier molecular flexibility index (Phi) is 4.56. The van der Waals surface area contributed by atoms with E-state index in [9.17, 15) is 4.79 Å². The maximum absolute atomic E-state index is 12.1. The molecule has 0 aromatic carbocycles. The molecule has 1 amide bonds. The SMILES string of the molecule is COc1cncc(O[C@@H]2CCN(C(=O)/C=C/c3ccco3)C2)n1. The Morgan fingerprint density at radius 2 is 2.30 bits per heavy atom. The molecule has 7 nitrogen and oxygen atoms in total. The summed E-state index contributed by atoms with van der Waals surface area (Å²) in [5.74, 6) is 1.38. The number of nitrogens with zero attached hydrogens (tertiary/aromatic N) is 3. The van der Waals surface area contributed by atoms with Gasteiger partial charge in [0.1, 0.15) is 11.9 Å². The number of rotatable bonds is 5. The zero-order chi connectivity index (χ0) is 16.1. The van der Waals surface area contributed by atoms with Gasteiger partial charge in [0.25, 0.3) is 0 Å². The van der Waals surface area contributed by atoms with Crippen LogP contribution in [0.25, 0.3) is 6.08 Å². The Balaban J connectivity index is 1.54. The number of furan rings is 1. The minimum absolute atomic E-state index is 0.0655. The zero-order valence-electron chi connectivity index (χ0n) is 12.7. The van der Waals surface area contributed by atoms with E-state index in [1.165, 1.54) is 25.6 Å². The highest BCUT2D eigenvalue weighted by Crippen LogP contribution is 2.18. The Labute approximate surface area is 133 Å². The summed E-state index contributed by atoms with van der Waals surface area (Å²) in [5, 5.41) is 0. The van der Waals surface area contributed by atoms with Crippen LogP contribution in [0.15, 0.2) is 41.3 Å². The maximum Gasteiger partial charge on any atom is 0.246 e. The summed E-state index contributed by atoms with van der Waals surface area (Å²) in [5.41, 5.74) is 0. The van der Waals surface area contributed by atoms with E-state index in [4.69, 9.17) is 13.9 Å². The van der Waals surface area contributed by atoms with E-state index in [0.717, 1.165) is 6.42 Å². The van der Waals surface area contributed by atoms with Crippen molar-refractivity contribution >= 4 is 12.0 Å². The Morgan fingerprint density at radius 1 is 1.43 bits per heavy atom. The fourth-order valence-electron chi connectivity index (χ4n) is 2.33. The lowest BCUT2D eigenvalue weighted by atomic mass is 10.3. The van der Waals surface area contributed by atoms with Crippen molar-refractivity contribution < 1.29 is 18.7 Å². The highest BCUT2D eigenvalue weighted by atomic mass is 16.5. The second-order valence-corrected chi connectivity index (χ2v) is 5.06. The average Bonchev–Trinajstić information content (AvgIpc) is 3.24. The van der Waals surface area contributed by atoms with Gasteiger partial charge in [-0.05, 0) is 18.2 Å². The van der Waals surface area contributed by atoms with E-state index in [1.54, 1.807) is 29.4 Å². The van der Waals surface area contributed by atoms with Gasteiger partial charge in [0, 0.05) is 19.0 Å². The molecular formula is C16H17N3O4. The first-order valence-corrected chi connectivity index (χ1v) is 7.28. The third kappa shape index (κ3) is 3.88. The first-order chi connectivity index (χ1) is 11.2. The Morgan fingerprint density at radius 3 is 3.09 bits per heavy atom. The standard InChI is InChI=1S/C16H17N3O4/c1-21-14-9-17-10-15(18-14)23-13-6-7-19(11-13)16(20)5-4-12-3-2-8-22-12/h2-5,8-10,13H,6-7,11H2,1H3/b5-4+/t13-/m1/s1. The topological polar surface area (TPSA) is 77.7 Å². The fourth-order valence-corrected chi connectivity index (χ4v) is 2.33. The number of hydrogen-bond acceptors (Lipinski definition) is 6. The van der Waals surface area contributed by atoms with Crippen LogP contribution in [0.1, 0.15) is 12.2 Å². The third-order valence-electron chi connectivity index (χ3n) is 3.48. The fraction of sp³-hybridized carbons (Fsp3) is 0.312. The lowest BCUT2D eigenvalue weighted by molar-refractivity contribution is -0.125. The van der Waals surface area contributed by atoms with Crippen molar-refractivity contribution in [2.24, 2.45) is 0 Å². The molecule has 1 fully saturated rings. The van der Waals surface area contributed by atoms with Crippen LogP contribution in [-0.2, 0) is 4.79 Å². The summed E-state index contributed by atoms with van der Waals surface area (Å²) in [6.45, 7) is 1.16. The molecule has 120 valence electrons. The van der Waals surface area contributed by atoms with Gasteiger partial charge in [-0.1, -0.05) is 0 Å². The number of amides is 1. The number of hydrogen-bond donors (Lipinski definition) is 0. The first kappa shape index (κ1) is 15.1. The van der Waals surface area contributed by atoms with Gasteiger partial charge in [-0.25, -0.2) is 0 Å². The van der Waals surface area contributed by atoms with Crippen LogP contribution in [0.3, 0.4) is 0 Å². The zero-order valence-corrected chi connectivity index (χ0v) is 12.7. The summed E-state index contributed by atoms with van der Waals surface area (Å²) in [6, 6.07) is 3.57. The average molecular weight is 315 g/mol. The molecule has 0 bridgehead atoms. The predicted octanol–water partition coefficient (Wildman–Crippen LogP) is 1.77. The second kappa shape index (κ2) is 6.95. The van der Waals surface area contributed by atoms with Gasteiger partial charge in [0.15, 0.2) is 0 Å². The molecule has 2 aromatic rings. The largest absolute Gasteiger partial charge is 0.480 e. The maximum atomic E-state index is 12.1.